The lowest BCUT2D eigenvalue weighted by atomic mass is 9.99. The maximum absolute atomic E-state index is 14.7. The number of aromatic amines is 1. The van der Waals surface area contributed by atoms with E-state index in [1.54, 1.807) is 29.3 Å². The second-order valence-corrected chi connectivity index (χ2v) is 10.0. The Bertz CT molecular complexity index is 1530. The number of hydrogen-bond donors (Lipinski definition) is 4. The molecule has 4 amide bonds. The van der Waals surface area contributed by atoms with Crippen LogP contribution in [0.1, 0.15) is 49.2 Å². The van der Waals surface area contributed by atoms with Gasteiger partial charge in [-0.25, -0.2) is 23.4 Å². The number of benzene rings is 2. The predicted molar refractivity (Wildman–Crippen MR) is 148 cm³/mol. The number of carbonyl (C=O) groups excluding carboxylic acids is 3. The van der Waals surface area contributed by atoms with Crippen molar-refractivity contribution in [2.75, 3.05) is 24.3 Å². The van der Waals surface area contributed by atoms with E-state index < -0.39 is 35.8 Å². The van der Waals surface area contributed by atoms with Crippen LogP contribution in [-0.4, -0.2) is 46.6 Å². The molecule has 5 rings (SSSR count). The summed E-state index contributed by atoms with van der Waals surface area (Å²) >= 11 is 5.86. The molecule has 1 unspecified atom stereocenters. The van der Waals surface area contributed by atoms with Crippen molar-refractivity contribution in [3.8, 4) is 11.3 Å². The second kappa shape index (κ2) is 12.0. The largest absolute Gasteiger partial charge is 0.453 e. The van der Waals surface area contributed by atoms with Crippen LogP contribution < -0.4 is 16.0 Å². The number of rotatable bonds is 3. The molecule has 0 saturated carbocycles. The first-order chi connectivity index (χ1) is 19.7. The SMILES string of the molecule is COC(=O)Nc1ccc2c(c1)NC(=O)CC/C=C/C[C@H](N1CCC(c3c(F)ccc(Cl)c3F)NC1=O)c1ncc-2[nH]1. The Morgan fingerprint density at radius 2 is 2.02 bits per heavy atom. The standard InChI is InChI=1S/C28H27ClF2N6O4/c1-41-28(40)33-15-7-8-16-20(13-15)34-23(38)6-4-2-3-5-22(26-32-14-21(16)35-26)37-12-11-19(36-27(37)39)24-18(30)10-9-17(29)25(24)31/h2-3,7-10,13-14,19,22H,4-6,11-12H2,1H3,(H,32,35)(H,33,40)(H,34,38)(H,36,39)/b3-2+/t19?,22-/m0/s1. The number of methoxy groups -OCH3 is 1. The Morgan fingerprint density at radius 3 is 2.80 bits per heavy atom. The van der Waals surface area contributed by atoms with E-state index in [4.69, 9.17) is 11.6 Å². The summed E-state index contributed by atoms with van der Waals surface area (Å²) in [6, 6.07) is 5.30. The number of halogens is 3. The first-order valence-corrected chi connectivity index (χ1v) is 13.3. The normalized spacial score (nSPS) is 20.0. The molecule has 41 heavy (non-hydrogen) atoms. The number of urea groups is 1. The summed E-state index contributed by atoms with van der Waals surface area (Å²) in [6.45, 7) is 0.204. The summed E-state index contributed by atoms with van der Waals surface area (Å²) < 4.78 is 33.8. The topological polar surface area (TPSA) is 128 Å². The summed E-state index contributed by atoms with van der Waals surface area (Å²) in [7, 11) is 1.25. The minimum absolute atomic E-state index is 0.204. The number of anilines is 2. The van der Waals surface area contributed by atoms with E-state index in [0.29, 0.717) is 41.3 Å². The first kappa shape index (κ1) is 28.1. The van der Waals surface area contributed by atoms with Crippen LogP contribution in [0.5, 0.6) is 0 Å². The summed E-state index contributed by atoms with van der Waals surface area (Å²) in [5.41, 5.74) is 1.79. The fourth-order valence-electron chi connectivity index (χ4n) is 4.98. The van der Waals surface area contributed by atoms with Crippen molar-refractivity contribution in [2.45, 2.75) is 37.8 Å². The van der Waals surface area contributed by atoms with E-state index in [1.807, 2.05) is 12.2 Å². The monoisotopic (exact) mass is 584 g/mol. The Balaban J connectivity index is 1.44. The van der Waals surface area contributed by atoms with E-state index in [2.05, 4.69) is 30.7 Å². The quantitative estimate of drug-likeness (QED) is 0.220. The molecule has 2 aromatic carbocycles. The molecule has 3 heterocycles. The highest BCUT2D eigenvalue weighted by Crippen LogP contribution is 2.35. The number of allylic oxidation sites excluding steroid dienone is 1. The Labute approximate surface area is 239 Å². The number of imidazole rings is 1. The van der Waals surface area contributed by atoms with Gasteiger partial charge in [0.2, 0.25) is 5.91 Å². The number of aromatic nitrogens is 2. The smallest absolute Gasteiger partial charge is 0.411 e. The van der Waals surface area contributed by atoms with Crippen LogP contribution in [0.4, 0.5) is 29.7 Å². The van der Waals surface area contributed by atoms with Crippen LogP contribution >= 0.6 is 11.6 Å². The van der Waals surface area contributed by atoms with Gasteiger partial charge in [-0.15, -0.1) is 0 Å². The van der Waals surface area contributed by atoms with E-state index in [9.17, 15) is 23.2 Å². The fraction of sp³-hybridized carbons (Fsp3) is 0.286. The molecule has 0 aliphatic carbocycles. The van der Waals surface area contributed by atoms with Gasteiger partial charge in [0, 0.05) is 29.8 Å². The second-order valence-electron chi connectivity index (χ2n) is 9.61. The van der Waals surface area contributed by atoms with Gasteiger partial charge in [-0.05, 0) is 49.6 Å². The molecule has 1 aromatic heterocycles. The zero-order chi connectivity index (χ0) is 29.1. The summed E-state index contributed by atoms with van der Waals surface area (Å²) in [4.78, 5) is 47.0. The number of hydrogen-bond acceptors (Lipinski definition) is 5. The van der Waals surface area contributed by atoms with Crippen molar-refractivity contribution in [1.29, 1.82) is 0 Å². The van der Waals surface area contributed by atoms with Gasteiger partial charge >= 0.3 is 12.1 Å². The maximum Gasteiger partial charge on any atom is 0.411 e. The van der Waals surface area contributed by atoms with E-state index in [1.165, 1.54) is 7.11 Å². The molecule has 3 aromatic rings. The molecule has 1 saturated heterocycles. The number of amides is 4. The number of fused-ring (bicyclic) bond motifs is 4. The van der Waals surface area contributed by atoms with Crippen LogP contribution in [0.2, 0.25) is 5.02 Å². The van der Waals surface area contributed by atoms with Crippen LogP contribution in [-0.2, 0) is 9.53 Å². The number of carbonyl (C=O) groups is 3. The molecule has 13 heteroatoms. The minimum atomic E-state index is -0.891. The van der Waals surface area contributed by atoms with Gasteiger partial charge in [0.05, 0.1) is 41.8 Å². The van der Waals surface area contributed by atoms with E-state index >= 15 is 0 Å². The molecule has 2 bridgehead atoms. The van der Waals surface area contributed by atoms with Gasteiger partial charge in [0.15, 0.2) is 0 Å². The molecular weight excluding hydrogens is 558 g/mol. The summed E-state index contributed by atoms with van der Waals surface area (Å²) in [5, 5.41) is 7.96. The Morgan fingerprint density at radius 1 is 1.20 bits per heavy atom. The zero-order valence-electron chi connectivity index (χ0n) is 22.0. The van der Waals surface area contributed by atoms with Crippen molar-refractivity contribution < 1.29 is 27.9 Å². The van der Waals surface area contributed by atoms with Crippen LogP contribution in [0.15, 0.2) is 48.7 Å². The van der Waals surface area contributed by atoms with Gasteiger partial charge in [-0.2, -0.15) is 0 Å². The first-order valence-electron chi connectivity index (χ1n) is 12.9. The van der Waals surface area contributed by atoms with Crippen molar-refractivity contribution >= 4 is 41.0 Å². The lowest BCUT2D eigenvalue weighted by molar-refractivity contribution is -0.116. The number of H-pyrrole nitrogens is 1. The third kappa shape index (κ3) is 6.02. The number of nitrogens with zero attached hydrogens (tertiary/aromatic N) is 2. The van der Waals surface area contributed by atoms with E-state index in [0.717, 1.165) is 12.1 Å². The molecular formula is C28H27ClF2N6O4. The van der Waals surface area contributed by atoms with Gasteiger partial charge in [-0.3, -0.25) is 10.1 Å². The van der Waals surface area contributed by atoms with Crippen molar-refractivity contribution in [3.05, 3.63) is 76.7 Å². The molecule has 214 valence electrons. The van der Waals surface area contributed by atoms with Gasteiger partial charge < -0.3 is 25.3 Å². The van der Waals surface area contributed by atoms with Gasteiger partial charge in [-0.1, -0.05) is 23.8 Å². The van der Waals surface area contributed by atoms with E-state index in [-0.39, 0.29) is 35.9 Å². The Kier molecular flexibility index (Phi) is 8.20. The average Bonchev–Trinajstić information content (AvgIpc) is 3.43. The Hall–Kier alpha value is -4.45. The molecule has 10 nitrogen and oxygen atoms in total. The highest BCUT2D eigenvalue weighted by Gasteiger charge is 2.35. The van der Waals surface area contributed by atoms with Crippen molar-refractivity contribution in [3.63, 3.8) is 0 Å². The fourth-order valence-corrected chi connectivity index (χ4v) is 5.14. The molecule has 4 N–H and O–H groups in total. The minimum Gasteiger partial charge on any atom is -0.453 e. The zero-order valence-corrected chi connectivity index (χ0v) is 22.7. The van der Waals surface area contributed by atoms with Crippen molar-refractivity contribution in [1.82, 2.24) is 20.2 Å². The summed E-state index contributed by atoms with van der Waals surface area (Å²) in [6.07, 6.45) is 5.97. The predicted octanol–water partition coefficient (Wildman–Crippen LogP) is 6.06. The third-order valence-corrected chi connectivity index (χ3v) is 7.30. The highest BCUT2D eigenvalue weighted by atomic mass is 35.5. The van der Waals surface area contributed by atoms with Crippen molar-refractivity contribution in [2.24, 2.45) is 0 Å². The highest BCUT2D eigenvalue weighted by molar-refractivity contribution is 6.30. The van der Waals surface area contributed by atoms with Gasteiger partial charge in [0.1, 0.15) is 17.5 Å². The third-order valence-electron chi connectivity index (χ3n) is 7.01. The lowest BCUT2D eigenvalue weighted by Gasteiger charge is -2.37. The molecule has 2 aliphatic rings. The molecule has 1 fully saturated rings. The molecule has 2 atom stereocenters. The summed E-state index contributed by atoms with van der Waals surface area (Å²) in [5.74, 6) is -1.40. The van der Waals surface area contributed by atoms with Crippen LogP contribution in [0.25, 0.3) is 11.3 Å². The van der Waals surface area contributed by atoms with Gasteiger partial charge in [0.25, 0.3) is 0 Å². The maximum atomic E-state index is 14.7. The number of nitrogens with one attached hydrogen (secondary N) is 4. The number of ether oxygens (including phenoxy) is 1. The van der Waals surface area contributed by atoms with Crippen LogP contribution in [0.3, 0.4) is 0 Å². The molecule has 0 spiro atoms. The average molecular weight is 585 g/mol. The molecule has 0 radical (unpaired) electrons. The molecule has 2 aliphatic heterocycles. The lowest BCUT2D eigenvalue weighted by Crippen LogP contribution is -2.49. The van der Waals surface area contributed by atoms with Crippen LogP contribution in [0, 0.1) is 11.6 Å².